The summed E-state index contributed by atoms with van der Waals surface area (Å²) in [4.78, 5) is 23.3. The zero-order valence-corrected chi connectivity index (χ0v) is 19.3. The van der Waals surface area contributed by atoms with Gasteiger partial charge in [0.2, 0.25) is 11.7 Å². The summed E-state index contributed by atoms with van der Waals surface area (Å²) in [6.45, 7) is 0. The minimum absolute atomic E-state index is 0.101. The van der Waals surface area contributed by atoms with Gasteiger partial charge >= 0.3 is 6.03 Å². The third-order valence-electron chi connectivity index (χ3n) is 5.42. The van der Waals surface area contributed by atoms with Crippen molar-refractivity contribution in [2.45, 2.75) is 37.8 Å². The van der Waals surface area contributed by atoms with E-state index in [1.54, 1.807) is 18.3 Å². The molecule has 3 N–H and O–H groups in total. The Balaban J connectivity index is 1.51. The maximum atomic E-state index is 12.5. The molecule has 1 aliphatic carbocycles. The van der Waals surface area contributed by atoms with Crippen molar-refractivity contribution in [1.29, 1.82) is 0 Å². The van der Waals surface area contributed by atoms with E-state index in [0.29, 0.717) is 28.9 Å². The third-order valence-corrected chi connectivity index (χ3v) is 5.42. The number of nitrogens with zero attached hydrogens (tertiary/aromatic N) is 3. The molecule has 3 rings (SSSR count). The molecule has 32 heavy (non-hydrogen) atoms. The maximum absolute atomic E-state index is 12.5. The summed E-state index contributed by atoms with van der Waals surface area (Å²) in [7, 11) is 8.51. The summed E-state index contributed by atoms with van der Waals surface area (Å²) in [5, 5.41) is 9.31. The van der Waals surface area contributed by atoms with Crippen molar-refractivity contribution >= 4 is 23.5 Å². The number of carbonyl (C=O) groups is 1. The maximum Gasteiger partial charge on any atom is 0.319 e. The van der Waals surface area contributed by atoms with Gasteiger partial charge in [-0.05, 0) is 31.7 Å². The second-order valence-electron chi connectivity index (χ2n) is 7.84. The van der Waals surface area contributed by atoms with Gasteiger partial charge in [-0.15, -0.1) is 0 Å². The zero-order valence-electron chi connectivity index (χ0n) is 19.3. The number of aromatic nitrogens is 2. The Kier molecular flexibility index (Phi) is 7.80. The molecule has 0 bridgehead atoms. The van der Waals surface area contributed by atoms with E-state index in [1.165, 1.54) is 21.3 Å². The van der Waals surface area contributed by atoms with Crippen LogP contribution >= 0.6 is 0 Å². The van der Waals surface area contributed by atoms with Crippen LogP contribution in [-0.2, 0) is 0 Å². The highest BCUT2D eigenvalue weighted by molar-refractivity contribution is 5.90. The molecule has 0 aliphatic heterocycles. The van der Waals surface area contributed by atoms with Crippen LogP contribution < -0.4 is 35.1 Å². The number of methoxy groups -OCH3 is 3. The predicted molar refractivity (Wildman–Crippen MR) is 124 cm³/mol. The van der Waals surface area contributed by atoms with Crippen molar-refractivity contribution in [3.63, 3.8) is 0 Å². The largest absolute Gasteiger partial charge is 0.493 e. The number of carbonyl (C=O) groups excluding carboxylic acids is 1. The van der Waals surface area contributed by atoms with Gasteiger partial charge in [0.05, 0.1) is 27.0 Å². The van der Waals surface area contributed by atoms with Gasteiger partial charge in [0, 0.05) is 44.5 Å². The lowest BCUT2D eigenvalue weighted by Gasteiger charge is -2.29. The molecule has 0 radical (unpaired) electrons. The Morgan fingerprint density at radius 1 is 1.00 bits per heavy atom. The molecule has 0 spiro atoms. The first kappa shape index (κ1) is 23.2. The first-order valence-electron chi connectivity index (χ1n) is 10.6. The lowest BCUT2D eigenvalue weighted by Crippen LogP contribution is -2.42. The van der Waals surface area contributed by atoms with E-state index in [4.69, 9.17) is 14.2 Å². The van der Waals surface area contributed by atoms with Crippen molar-refractivity contribution in [3.8, 4) is 17.2 Å². The van der Waals surface area contributed by atoms with E-state index in [0.717, 1.165) is 31.5 Å². The van der Waals surface area contributed by atoms with E-state index in [2.05, 4.69) is 25.9 Å². The van der Waals surface area contributed by atoms with Gasteiger partial charge in [-0.1, -0.05) is 0 Å². The molecule has 2 aromatic rings. The monoisotopic (exact) mass is 444 g/mol. The number of urea groups is 1. The predicted octanol–water partition coefficient (Wildman–Crippen LogP) is 3.11. The van der Waals surface area contributed by atoms with Crippen LogP contribution in [0.4, 0.5) is 22.2 Å². The van der Waals surface area contributed by atoms with Gasteiger partial charge in [0.15, 0.2) is 11.5 Å². The Bertz CT molecular complexity index is 890. The van der Waals surface area contributed by atoms with Crippen molar-refractivity contribution < 1.29 is 19.0 Å². The number of hydrogen-bond acceptors (Lipinski definition) is 8. The summed E-state index contributed by atoms with van der Waals surface area (Å²) >= 11 is 0. The summed E-state index contributed by atoms with van der Waals surface area (Å²) in [6.07, 6.45) is 5.34. The number of benzene rings is 1. The smallest absolute Gasteiger partial charge is 0.319 e. The van der Waals surface area contributed by atoms with Gasteiger partial charge in [-0.25, -0.2) is 9.78 Å². The molecule has 10 heteroatoms. The number of nitrogens with one attached hydrogen (secondary N) is 3. The fraction of sp³-hybridized carbons (Fsp3) is 0.500. The Hall–Kier alpha value is -3.43. The standard InChI is InChI=1S/C22H32N6O4/c1-28(2)19-10-11-23-21(27-19)24-14-6-8-15(9-7-14)25-22(29)26-16-12-17(30-3)20(32-5)18(13-16)31-4/h10-15H,6-9H2,1-5H3,(H,23,24,27)(H2,25,26,29)/t14-,15+. The Morgan fingerprint density at radius 3 is 2.19 bits per heavy atom. The van der Waals surface area contributed by atoms with Crippen molar-refractivity contribution in [3.05, 3.63) is 24.4 Å². The molecule has 1 aliphatic rings. The lowest BCUT2D eigenvalue weighted by molar-refractivity contribution is 0.243. The summed E-state index contributed by atoms with van der Waals surface area (Å²) < 4.78 is 16.0. The van der Waals surface area contributed by atoms with Crippen LogP contribution in [0.15, 0.2) is 24.4 Å². The van der Waals surface area contributed by atoms with Gasteiger partial charge < -0.3 is 35.1 Å². The van der Waals surface area contributed by atoms with Crippen LogP contribution in [0.25, 0.3) is 0 Å². The third kappa shape index (κ3) is 5.83. The normalized spacial score (nSPS) is 17.8. The SMILES string of the molecule is COc1cc(NC(=O)N[C@H]2CC[C@@H](Nc3nccc(N(C)C)n3)CC2)cc(OC)c1OC. The molecule has 1 saturated carbocycles. The number of amides is 2. The van der Waals surface area contributed by atoms with Gasteiger partial charge in [0.1, 0.15) is 5.82 Å². The van der Waals surface area contributed by atoms with Gasteiger partial charge in [-0.3, -0.25) is 0 Å². The Labute approximate surface area is 188 Å². The highest BCUT2D eigenvalue weighted by atomic mass is 16.5. The molecule has 10 nitrogen and oxygen atoms in total. The molecule has 1 heterocycles. The molecule has 0 saturated heterocycles. The number of ether oxygens (including phenoxy) is 3. The van der Waals surface area contributed by atoms with Crippen LogP contribution in [0.1, 0.15) is 25.7 Å². The fourth-order valence-corrected chi connectivity index (χ4v) is 3.74. The van der Waals surface area contributed by atoms with Crippen LogP contribution in [0.3, 0.4) is 0 Å². The van der Waals surface area contributed by atoms with Gasteiger partial charge in [0.25, 0.3) is 0 Å². The highest BCUT2D eigenvalue weighted by Crippen LogP contribution is 2.39. The molecule has 0 unspecified atom stereocenters. The Morgan fingerprint density at radius 2 is 1.62 bits per heavy atom. The van der Waals surface area contributed by atoms with E-state index in [9.17, 15) is 4.79 Å². The average molecular weight is 445 g/mol. The van der Waals surface area contributed by atoms with Crippen LogP contribution in [0.5, 0.6) is 17.2 Å². The van der Waals surface area contributed by atoms with Crippen LogP contribution in [0, 0.1) is 0 Å². The second kappa shape index (κ2) is 10.7. The molecule has 1 aromatic heterocycles. The molecular formula is C22H32N6O4. The van der Waals surface area contributed by atoms with Crippen molar-refractivity contribution in [2.24, 2.45) is 0 Å². The topological polar surface area (TPSA) is 110 Å². The first-order valence-corrected chi connectivity index (χ1v) is 10.6. The van der Waals surface area contributed by atoms with E-state index in [1.807, 2.05) is 25.1 Å². The van der Waals surface area contributed by atoms with Crippen LogP contribution in [0.2, 0.25) is 0 Å². The number of rotatable bonds is 8. The second-order valence-corrected chi connectivity index (χ2v) is 7.84. The van der Waals surface area contributed by atoms with Gasteiger partial charge in [-0.2, -0.15) is 4.98 Å². The molecule has 174 valence electrons. The van der Waals surface area contributed by atoms with E-state index in [-0.39, 0.29) is 18.1 Å². The minimum Gasteiger partial charge on any atom is -0.493 e. The highest BCUT2D eigenvalue weighted by Gasteiger charge is 2.23. The number of hydrogen-bond donors (Lipinski definition) is 3. The molecule has 0 atom stereocenters. The summed E-state index contributed by atoms with van der Waals surface area (Å²) in [5.41, 5.74) is 0.560. The molecular weight excluding hydrogens is 412 g/mol. The minimum atomic E-state index is -0.266. The summed E-state index contributed by atoms with van der Waals surface area (Å²) in [6, 6.07) is 5.39. The summed E-state index contributed by atoms with van der Waals surface area (Å²) in [5.74, 6) is 2.93. The number of anilines is 3. The van der Waals surface area contributed by atoms with E-state index >= 15 is 0 Å². The lowest BCUT2D eigenvalue weighted by atomic mass is 9.91. The first-order chi connectivity index (χ1) is 15.4. The fourth-order valence-electron chi connectivity index (χ4n) is 3.74. The van der Waals surface area contributed by atoms with Crippen LogP contribution in [-0.4, -0.2) is 63.5 Å². The van der Waals surface area contributed by atoms with Crippen molar-refractivity contribution in [1.82, 2.24) is 15.3 Å². The van der Waals surface area contributed by atoms with Crippen molar-refractivity contribution in [2.75, 3.05) is 51.0 Å². The molecule has 2 amide bonds. The van der Waals surface area contributed by atoms with E-state index < -0.39 is 0 Å². The molecule has 1 aromatic carbocycles. The molecule has 1 fully saturated rings. The zero-order chi connectivity index (χ0) is 23.1. The quantitative estimate of drug-likeness (QED) is 0.570. The average Bonchev–Trinajstić information content (AvgIpc) is 2.79.